The molecule has 0 aliphatic heterocycles. The Morgan fingerprint density at radius 1 is 0.390 bits per heavy atom. The summed E-state index contributed by atoms with van der Waals surface area (Å²) in [5, 5.41) is 11.9. The molecule has 0 saturated carbocycles. The SMILES string of the molecule is Cc1ccccc1-c1ccc2c(c1)c1cc(-c3ccccc3C)ccc1n2-c1cc(-c2ccc(C#N)cc2)ccc1-c1nc(-c2ccccc2)nc(-c2ccccc2)n1. The average Bonchev–Trinajstić information content (AvgIpc) is 3.62. The Kier molecular flexibility index (Phi) is 8.93. The molecule has 0 N–H and O–H groups in total. The van der Waals surface area contributed by atoms with Crippen LogP contribution in [0.5, 0.6) is 0 Å². The van der Waals surface area contributed by atoms with Crippen LogP contribution >= 0.6 is 0 Å². The van der Waals surface area contributed by atoms with E-state index >= 15 is 0 Å². The molecule has 2 aromatic heterocycles. The molecule has 0 spiro atoms. The first-order valence-corrected chi connectivity index (χ1v) is 19.7. The van der Waals surface area contributed by atoms with E-state index in [1.807, 2.05) is 84.9 Å². The minimum atomic E-state index is 0.571. The van der Waals surface area contributed by atoms with Crippen molar-refractivity contribution in [2.24, 2.45) is 0 Å². The highest BCUT2D eigenvalue weighted by Gasteiger charge is 2.22. The fraction of sp³-hybridized carbons (Fsp3) is 0.0370. The van der Waals surface area contributed by atoms with Gasteiger partial charge >= 0.3 is 0 Å². The van der Waals surface area contributed by atoms with Crippen molar-refractivity contribution in [1.82, 2.24) is 19.5 Å². The number of benzene rings is 8. The van der Waals surface area contributed by atoms with Crippen molar-refractivity contribution in [1.29, 1.82) is 5.26 Å². The molecule has 0 fully saturated rings. The first kappa shape index (κ1) is 35.5. The lowest BCUT2D eigenvalue weighted by Gasteiger charge is -2.17. The van der Waals surface area contributed by atoms with Crippen molar-refractivity contribution in [2.75, 3.05) is 0 Å². The van der Waals surface area contributed by atoms with Crippen LogP contribution in [0.15, 0.2) is 188 Å². The lowest BCUT2D eigenvalue weighted by Crippen LogP contribution is -2.04. The fourth-order valence-electron chi connectivity index (χ4n) is 8.16. The van der Waals surface area contributed by atoms with E-state index in [0.717, 1.165) is 55.3 Å². The van der Waals surface area contributed by atoms with Gasteiger partial charge in [0.05, 0.1) is 28.4 Å². The number of aromatic nitrogens is 4. The maximum Gasteiger partial charge on any atom is 0.166 e. The van der Waals surface area contributed by atoms with E-state index in [1.54, 1.807) is 0 Å². The maximum atomic E-state index is 9.58. The maximum absolute atomic E-state index is 9.58. The third-order valence-electron chi connectivity index (χ3n) is 11.2. The van der Waals surface area contributed by atoms with Crippen LogP contribution in [0.4, 0.5) is 0 Å². The summed E-state index contributed by atoms with van der Waals surface area (Å²) in [5.41, 5.74) is 15.6. The molecule has 0 saturated heterocycles. The second-order valence-corrected chi connectivity index (χ2v) is 14.9. The summed E-state index contributed by atoms with van der Waals surface area (Å²) in [6.45, 7) is 4.34. The second-order valence-electron chi connectivity index (χ2n) is 14.9. The third kappa shape index (κ3) is 6.53. The smallest absolute Gasteiger partial charge is 0.166 e. The van der Waals surface area contributed by atoms with E-state index in [2.05, 4.69) is 128 Å². The summed E-state index contributed by atoms with van der Waals surface area (Å²) in [6, 6.07) is 67.4. The summed E-state index contributed by atoms with van der Waals surface area (Å²) in [7, 11) is 0. The molecule has 10 aromatic rings. The normalized spacial score (nSPS) is 11.2. The zero-order valence-corrected chi connectivity index (χ0v) is 32.6. The van der Waals surface area contributed by atoms with Gasteiger partial charge in [0.25, 0.3) is 0 Å². The Balaban J connectivity index is 1.29. The number of nitrogens with zero attached hydrogens (tertiary/aromatic N) is 5. The van der Waals surface area contributed by atoms with Crippen LogP contribution in [0.1, 0.15) is 16.7 Å². The highest BCUT2D eigenvalue weighted by Crippen LogP contribution is 2.41. The molecule has 0 unspecified atom stereocenters. The van der Waals surface area contributed by atoms with Gasteiger partial charge in [-0.1, -0.05) is 140 Å². The zero-order chi connectivity index (χ0) is 39.9. The molecule has 0 aliphatic carbocycles. The van der Waals surface area contributed by atoms with Crippen molar-refractivity contribution < 1.29 is 0 Å². The molecule has 0 amide bonds. The topological polar surface area (TPSA) is 67.4 Å². The van der Waals surface area contributed by atoms with Crippen LogP contribution < -0.4 is 0 Å². The average molecular weight is 756 g/mol. The van der Waals surface area contributed by atoms with Crippen molar-refractivity contribution in [3.63, 3.8) is 0 Å². The van der Waals surface area contributed by atoms with Gasteiger partial charge in [0.1, 0.15) is 0 Å². The molecule has 10 rings (SSSR count). The van der Waals surface area contributed by atoms with Crippen LogP contribution in [0.25, 0.3) is 95.0 Å². The number of fused-ring (bicyclic) bond motifs is 3. The quantitative estimate of drug-likeness (QED) is 0.162. The summed E-state index contributed by atoms with van der Waals surface area (Å²) in [4.78, 5) is 15.4. The summed E-state index contributed by atoms with van der Waals surface area (Å²) in [5.74, 6) is 1.77. The van der Waals surface area contributed by atoms with Gasteiger partial charge < -0.3 is 4.57 Å². The third-order valence-corrected chi connectivity index (χ3v) is 11.2. The lowest BCUT2D eigenvalue weighted by molar-refractivity contribution is 1.06. The van der Waals surface area contributed by atoms with Crippen LogP contribution in [0.3, 0.4) is 0 Å². The van der Waals surface area contributed by atoms with Gasteiger partial charge in [-0.3, -0.25) is 0 Å². The standard InChI is InChI=1S/C54H37N5/c1-35-13-9-11-19-44(35)42-26-29-49-47(31-42)48-32-43(45-20-12-10-14-36(45)2)27-30-50(48)59(49)51-33-41(38-23-21-37(34-55)22-24-38)25-28-46(51)54-57-52(39-15-5-3-6-16-39)56-53(58-54)40-17-7-4-8-18-40/h3-33H,1-2H3. The highest BCUT2D eigenvalue weighted by atomic mass is 15.1. The molecule has 5 nitrogen and oxygen atoms in total. The van der Waals surface area contributed by atoms with Crippen LogP contribution in [-0.4, -0.2) is 19.5 Å². The molecule has 59 heavy (non-hydrogen) atoms. The van der Waals surface area contributed by atoms with E-state index < -0.39 is 0 Å². The zero-order valence-electron chi connectivity index (χ0n) is 32.6. The summed E-state index contributed by atoms with van der Waals surface area (Å²) in [6.07, 6.45) is 0. The second kappa shape index (κ2) is 14.9. The number of hydrogen-bond donors (Lipinski definition) is 0. The van der Waals surface area contributed by atoms with Crippen molar-refractivity contribution in [3.8, 4) is 79.3 Å². The van der Waals surface area contributed by atoms with E-state index in [0.29, 0.717) is 23.0 Å². The largest absolute Gasteiger partial charge is 0.308 e. The molecule has 0 bridgehead atoms. The Morgan fingerprint density at radius 3 is 1.36 bits per heavy atom. The predicted octanol–water partition coefficient (Wildman–Crippen LogP) is 13.5. The Bertz CT molecular complexity index is 3070. The Morgan fingerprint density at radius 2 is 0.847 bits per heavy atom. The molecule has 278 valence electrons. The lowest BCUT2D eigenvalue weighted by atomic mass is 9.97. The first-order valence-electron chi connectivity index (χ1n) is 19.7. The van der Waals surface area contributed by atoms with Crippen LogP contribution in [0, 0.1) is 25.2 Å². The minimum absolute atomic E-state index is 0.571. The summed E-state index contributed by atoms with van der Waals surface area (Å²) < 4.78 is 2.37. The Hall–Kier alpha value is -7.94. The first-order chi connectivity index (χ1) is 29.0. The molecule has 0 atom stereocenters. The van der Waals surface area contributed by atoms with Gasteiger partial charge in [0, 0.05) is 27.5 Å². The molecule has 8 aromatic carbocycles. The predicted molar refractivity (Wildman–Crippen MR) is 241 cm³/mol. The molecule has 5 heteroatoms. The molecule has 0 radical (unpaired) electrons. The summed E-state index contributed by atoms with van der Waals surface area (Å²) >= 11 is 0. The van der Waals surface area contributed by atoms with E-state index in [4.69, 9.17) is 15.0 Å². The van der Waals surface area contributed by atoms with Gasteiger partial charge in [0.15, 0.2) is 17.5 Å². The van der Waals surface area contributed by atoms with Gasteiger partial charge in [-0.25, -0.2) is 15.0 Å². The monoisotopic (exact) mass is 755 g/mol. The van der Waals surface area contributed by atoms with Gasteiger partial charge in [-0.05, 0) is 107 Å². The number of rotatable bonds is 7. The molecule has 2 heterocycles. The van der Waals surface area contributed by atoms with E-state index in [-0.39, 0.29) is 0 Å². The molecule has 0 aliphatic rings. The minimum Gasteiger partial charge on any atom is -0.308 e. The van der Waals surface area contributed by atoms with E-state index in [1.165, 1.54) is 33.4 Å². The van der Waals surface area contributed by atoms with Crippen molar-refractivity contribution in [3.05, 3.63) is 205 Å². The van der Waals surface area contributed by atoms with Gasteiger partial charge in [-0.2, -0.15) is 5.26 Å². The number of nitriles is 1. The van der Waals surface area contributed by atoms with Gasteiger partial charge in [-0.15, -0.1) is 0 Å². The molecular weight excluding hydrogens is 719 g/mol. The fourth-order valence-corrected chi connectivity index (χ4v) is 8.16. The van der Waals surface area contributed by atoms with Crippen LogP contribution in [0.2, 0.25) is 0 Å². The van der Waals surface area contributed by atoms with E-state index in [9.17, 15) is 5.26 Å². The number of aryl methyl sites for hydroxylation is 2. The molecular formula is C54H37N5. The van der Waals surface area contributed by atoms with Crippen molar-refractivity contribution >= 4 is 21.8 Å². The van der Waals surface area contributed by atoms with Gasteiger partial charge in [0.2, 0.25) is 0 Å². The Labute approximate surface area is 343 Å². The van der Waals surface area contributed by atoms with Crippen LogP contribution in [-0.2, 0) is 0 Å². The van der Waals surface area contributed by atoms with Crippen molar-refractivity contribution in [2.45, 2.75) is 13.8 Å². The number of hydrogen-bond acceptors (Lipinski definition) is 4. The highest BCUT2D eigenvalue weighted by molar-refractivity contribution is 6.12.